The lowest BCUT2D eigenvalue weighted by Gasteiger charge is -2.23. The van der Waals surface area contributed by atoms with E-state index in [1.54, 1.807) is 0 Å². The van der Waals surface area contributed by atoms with Crippen LogP contribution in [0.2, 0.25) is 0 Å². The minimum atomic E-state index is -4.02. The molecule has 0 spiro atoms. The zero-order valence-corrected chi connectivity index (χ0v) is 12.2. The van der Waals surface area contributed by atoms with Crippen molar-refractivity contribution >= 4 is 16.0 Å². The van der Waals surface area contributed by atoms with Crippen molar-refractivity contribution in [1.29, 1.82) is 0 Å². The van der Waals surface area contributed by atoms with Crippen LogP contribution in [0.5, 0.6) is 5.75 Å². The van der Waals surface area contributed by atoms with E-state index in [0.29, 0.717) is 0 Å². The lowest BCUT2D eigenvalue weighted by Crippen LogP contribution is -2.46. The van der Waals surface area contributed by atoms with Crippen molar-refractivity contribution in [3.63, 3.8) is 0 Å². The lowest BCUT2D eigenvalue weighted by atomic mass is 10.1. The third-order valence-electron chi connectivity index (χ3n) is 2.62. The molecule has 8 heteroatoms. The molecule has 0 saturated carbocycles. The Kier molecular flexibility index (Phi) is 4.42. The van der Waals surface area contributed by atoms with Crippen molar-refractivity contribution < 1.29 is 28.5 Å². The Morgan fingerprint density at radius 1 is 1.35 bits per heavy atom. The number of nitrogens with one attached hydrogen (secondary N) is 1. The molecule has 0 amide bonds. The van der Waals surface area contributed by atoms with Gasteiger partial charge in [0.15, 0.2) is 0 Å². The van der Waals surface area contributed by atoms with Crippen LogP contribution >= 0.6 is 0 Å². The number of sulfonamides is 1. The van der Waals surface area contributed by atoms with Gasteiger partial charge in [0.25, 0.3) is 0 Å². The van der Waals surface area contributed by atoms with Crippen LogP contribution in [-0.4, -0.2) is 41.9 Å². The van der Waals surface area contributed by atoms with E-state index >= 15 is 0 Å². The molecule has 0 unspecified atom stereocenters. The number of aromatic hydroxyl groups is 1. The zero-order chi connectivity index (χ0) is 15.7. The molecule has 0 fully saturated rings. The minimum absolute atomic E-state index is 0.203. The van der Waals surface area contributed by atoms with E-state index in [1.807, 2.05) is 0 Å². The smallest absolute Gasteiger partial charge is 0.339 e. The molecule has 0 saturated heterocycles. The minimum Gasteiger partial charge on any atom is -0.507 e. The van der Waals surface area contributed by atoms with Gasteiger partial charge >= 0.3 is 5.97 Å². The van der Waals surface area contributed by atoms with E-state index in [1.165, 1.54) is 20.8 Å². The molecule has 0 bridgehead atoms. The Labute approximate surface area is 116 Å². The molecule has 4 N–H and O–H groups in total. The van der Waals surface area contributed by atoms with Crippen LogP contribution in [0.25, 0.3) is 0 Å². The maximum Gasteiger partial charge on any atom is 0.339 e. The molecule has 0 aliphatic heterocycles. The summed E-state index contributed by atoms with van der Waals surface area (Å²) in [5.41, 5.74) is -1.39. The summed E-state index contributed by atoms with van der Waals surface area (Å²) in [5.74, 6) is -1.93. The molecule has 7 nitrogen and oxygen atoms in total. The predicted octanol–water partition coefficient (Wildman–Crippen LogP) is 0.448. The summed E-state index contributed by atoms with van der Waals surface area (Å²) in [6.45, 7) is 3.98. The highest BCUT2D eigenvalue weighted by Gasteiger charge is 2.28. The van der Waals surface area contributed by atoms with Crippen LogP contribution in [0.1, 0.15) is 29.8 Å². The molecule has 1 aromatic carbocycles. The van der Waals surface area contributed by atoms with Crippen molar-refractivity contribution in [2.75, 3.05) is 6.61 Å². The number of aliphatic hydroxyl groups is 1. The summed E-state index contributed by atoms with van der Waals surface area (Å²) in [4.78, 5) is 10.7. The second-order valence-corrected chi connectivity index (χ2v) is 6.74. The van der Waals surface area contributed by atoms with Crippen LogP contribution in [-0.2, 0) is 10.0 Å². The van der Waals surface area contributed by atoms with Crippen LogP contribution in [0, 0.1) is 6.92 Å². The Bertz CT molecular complexity index is 636. The van der Waals surface area contributed by atoms with Gasteiger partial charge < -0.3 is 15.3 Å². The van der Waals surface area contributed by atoms with Crippen LogP contribution < -0.4 is 4.72 Å². The van der Waals surface area contributed by atoms with Gasteiger partial charge in [-0.25, -0.2) is 17.9 Å². The third-order valence-corrected chi connectivity index (χ3v) is 4.46. The first-order chi connectivity index (χ1) is 9.00. The van der Waals surface area contributed by atoms with Crippen molar-refractivity contribution in [3.05, 3.63) is 23.3 Å². The Hall–Kier alpha value is -1.64. The highest BCUT2D eigenvalue weighted by Crippen LogP contribution is 2.26. The number of rotatable bonds is 5. The Morgan fingerprint density at radius 3 is 2.35 bits per heavy atom. The van der Waals surface area contributed by atoms with Gasteiger partial charge in [0.2, 0.25) is 10.0 Å². The predicted molar refractivity (Wildman–Crippen MR) is 71.3 cm³/mol. The van der Waals surface area contributed by atoms with E-state index in [4.69, 9.17) is 10.2 Å². The molecule has 1 rings (SSSR count). The highest BCUT2D eigenvalue weighted by molar-refractivity contribution is 7.89. The molecule has 0 aliphatic rings. The number of benzene rings is 1. The maximum absolute atomic E-state index is 12.2. The van der Waals surface area contributed by atoms with Gasteiger partial charge in [-0.15, -0.1) is 0 Å². The molecule has 0 aliphatic carbocycles. The summed E-state index contributed by atoms with van der Waals surface area (Å²) < 4.78 is 26.7. The summed E-state index contributed by atoms with van der Waals surface area (Å²) in [5, 5.41) is 27.5. The number of aliphatic hydroxyl groups excluding tert-OH is 1. The van der Waals surface area contributed by atoms with Gasteiger partial charge in [-0.3, -0.25) is 0 Å². The standard InChI is InChI=1S/C12H17NO6S/c1-7-4-9(15)8(11(16)17)5-10(7)20(18,19)13-12(2,3)6-14/h4-5,13-15H,6H2,1-3H3,(H,16,17). The number of carboxylic acid groups (broad SMARTS) is 1. The van der Waals surface area contributed by atoms with Crippen molar-refractivity contribution in [3.8, 4) is 5.75 Å². The van der Waals surface area contributed by atoms with E-state index in [0.717, 1.165) is 12.1 Å². The van der Waals surface area contributed by atoms with Crippen LogP contribution in [0.4, 0.5) is 0 Å². The SMILES string of the molecule is Cc1cc(O)c(C(=O)O)cc1S(=O)(=O)NC(C)(C)CO. The van der Waals surface area contributed by atoms with Gasteiger partial charge in [-0.05, 0) is 38.5 Å². The third kappa shape index (κ3) is 3.47. The average Bonchev–Trinajstić information content (AvgIpc) is 2.26. The second-order valence-electron chi connectivity index (χ2n) is 5.09. The molecular formula is C12H17NO6S. The molecule has 0 heterocycles. The van der Waals surface area contributed by atoms with Crippen molar-refractivity contribution in [2.24, 2.45) is 0 Å². The van der Waals surface area contributed by atoms with Crippen LogP contribution in [0.15, 0.2) is 17.0 Å². The number of carbonyl (C=O) groups is 1. The topological polar surface area (TPSA) is 124 Å². The van der Waals surface area contributed by atoms with Gasteiger partial charge in [-0.2, -0.15) is 0 Å². The highest BCUT2D eigenvalue weighted by atomic mass is 32.2. The number of aromatic carboxylic acids is 1. The number of hydrogen-bond donors (Lipinski definition) is 4. The normalized spacial score (nSPS) is 12.4. The monoisotopic (exact) mass is 303 g/mol. The average molecular weight is 303 g/mol. The number of carboxylic acids is 1. The number of hydrogen-bond acceptors (Lipinski definition) is 5. The molecule has 0 aromatic heterocycles. The van der Waals surface area contributed by atoms with E-state index in [2.05, 4.69) is 4.72 Å². The van der Waals surface area contributed by atoms with Crippen LogP contribution in [0.3, 0.4) is 0 Å². The maximum atomic E-state index is 12.2. The van der Waals surface area contributed by atoms with Gasteiger partial charge in [-0.1, -0.05) is 0 Å². The van der Waals surface area contributed by atoms with Crippen molar-refractivity contribution in [1.82, 2.24) is 4.72 Å². The summed E-state index contributed by atoms with van der Waals surface area (Å²) in [7, 11) is -4.02. The number of aryl methyl sites for hydroxylation is 1. The van der Waals surface area contributed by atoms with E-state index in [9.17, 15) is 18.3 Å². The van der Waals surface area contributed by atoms with Gasteiger partial charge in [0.05, 0.1) is 17.0 Å². The first-order valence-electron chi connectivity index (χ1n) is 5.72. The Balaban J connectivity index is 3.39. The second kappa shape index (κ2) is 5.39. The van der Waals surface area contributed by atoms with E-state index < -0.39 is 39.5 Å². The number of phenols is 1. The first kappa shape index (κ1) is 16.4. The first-order valence-corrected chi connectivity index (χ1v) is 7.20. The largest absolute Gasteiger partial charge is 0.507 e. The van der Waals surface area contributed by atoms with Gasteiger partial charge in [0.1, 0.15) is 11.3 Å². The molecule has 0 atom stereocenters. The molecule has 0 radical (unpaired) electrons. The molecular weight excluding hydrogens is 286 g/mol. The Morgan fingerprint density at radius 2 is 1.90 bits per heavy atom. The fourth-order valence-electron chi connectivity index (χ4n) is 1.58. The van der Waals surface area contributed by atoms with Gasteiger partial charge in [0, 0.05) is 0 Å². The fraction of sp³-hybridized carbons (Fsp3) is 0.417. The summed E-state index contributed by atoms with van der Waals surface area (Å²) in [6.07, 6.45) is 0. The molecule has 112 valence electrons. The zero-order valence-electron chi connectivity index (χ0n) is 11.3. The summed E-state index contributed by atoms with van der Waals surface area (Å²) in [6, 6.07) is 1.97. The summed E-state index contributed by atoms with van der Waals surface area (Å²) >= 11 is 0. The fourth-order valence-corrected chi connectivity index (χ4v) is 3.24. The quantitative estimate of drug-likeness (QED) is 0.626. The van der Waals surface area contributed by atoms with Crippen molar-refractivity contribution in [2.45, 2.75) is 31.2 Å². The molecule has 1 aromatic rings. The van der Waals surface area contributed by atoms with E-state index in [-0.39, 0.29) is 10.5 Å². The lowest BCUT2D eigenvalue weighted by molar-refractivity contribution is 0.0693. The molecule has 20 heavy (non-hydrogen) atoms.